The van der Waals surface area contributed by atoms with Crippen LogP contribution in [-0.2, 0) is 4.79 Å². The lowest BCUT2D eigenvalue weighted by molar-refractivity contribution is -0.148. The van der Waals surface area contributed by atoms with E-state index < -0.39 is 11.4 Å². The first-order chi connectivity index (χ1) is 17.0. The predicted octanol–water partition coefficient (Wildman–Crippen LogP) is 5.84. The van der Waals surface area contributed by atoms with E-state index in [4.69, 9.17) is 14.7 Å². The number of nitrogens with one attached hydrogen (secondary N) is 1. The maximum absolute atomic E-state index is 11.7. The molecule has 0 radical (unpaired) electrons. The molecule has 8 heteroatoms. The fourth-order valence-electron chi connectivity index (χ4n) is 4.67. The summed E-state index contributed by atoms with van der Waals surface area (Å²) in [4.78, 5) is 23.5. The average molecular weight is 491 g/mol. The minimum atomic E-state index is -0.751. The van der Waals surface area contributed by atoms with E-state index in [9.17, 15) is 9.90 Å². The van der Waals surface area contributed by atoms with Gasteiger partial charge in [0, 0.05) is 30.6 Å². The van der Waals surface area contributed by atoms with Gasteiger partial charge in [-0.05, 0) is 68.4 Å². The number of piperidine rings is 1. The van der Waals surface area contributed by atoms with Crippen molar-refractivity contribution in [2.24, 2.45) is 5.41 Å². The van der Waals surface area contributed by atoms with Crippen LogP contribution in [0.2, 0.25) is 0 Å². The zero-order chi connectivity index (χ0) is 24.4. The SMILES string of the molecule is COc1ccc(NSc2cccc(N3CCCC(C)(C(=O)O)C3)n2)nc1-c1ccccc1C1CC1. The average Bonchev–Trinajstić information content (AvgIpc) is 3.73. The molecule has 3 aromatic rings. The third-order valence-corrected chi connectivity index (χ3v) is 7.56. The Bertz CT molecular complexity index is 1230. The summed E-state index contributed by atoms with van der Waals surface area (Å²) in [5.41, 5.74) is 2.53. The summed E-state index contributed by atoms with van der Waals surface area (Å²) >= 11 is 1.39. The zero-order valence-electron chi connectivity index (χ0n) is 20.0. The number of anilines is 2. The Morgan fingerprint density at radius 3 is 2.74 bits per heavy atom. The second kappa shape index (κ2) is 9.77. The number of hydrogen-bond donors (Lipinski definition) is 2. The molecule has 2 N–H and O–H groups in total. The van der Waals surface area contributed by atoms with Crippen LogP contribution >= 0.6 is 11.9 Å². The van der Waals surface area contributed by atoms with Gasteiger partial charge in [0.05, 0.1) is 12.5 Å². The maximum atomic E-state index is 11.7. The van der Waals surface area contributed by atoms with E-state index >= 15 is 0 Å². The van der Waals surface area contributed by atoms with E-state index in [1.807, 2.05) is 43.3 Å². The Morgan fingerprint density at radius 2 is 1.97 bits per heavy atom. The molecule has 182 valence electrons. The summed E-state index contributed by atoms with van der Waals surface area (Å²) in [5.74, 6) is 2.12. The van der Waals surface area contributed by atoms with Crippen molar-refractivity contribution in [3.05, 3.63) is 60.2 Å². The monoisotopic (exact) mass is 490 g/mol. The summed E-state index contributed by atoms with van der Waals surface area (Å²) in [5, 5.41) is 10.4. The molecule has 2 aromatic heterocycles. The fraction of sp³-hybridized carbons (Fsp3) is 0.370. The Morgan fingerprint density at radius 1 is 1.14 bits per heavy atom. The molecule has 1 atom stereocenters. The number of ether oxygens (including phenoxy) is 1. The van der Waals surface area contributed by atoms with Crippen molar-refractivity contribution in [2.75, 3.05) is 29.8 Å². The highest BCUT2D eigenvalue weighted by molar-refractivity contribution is 8.00. The molecule has 5 rings (SSSR count). The van der Waals surface area contributed by atoms with Crippen molar-refractivity contribution >= 4 is 29.6 Å². The highest BCUT2D eigenvalue weighted by Gasteiger charge is 2.38. The molecular weight excluding hydrogens is 460 g/mol. The Labute approximate surface area is 210 Å². The van der Waals surface area contributed by atoms with E-state index in [1.165, 1.54) is 30.4 Å². The highest BCUT2D eigenvalue weighted by Crippen LogP contribution is 2.45. The summed E-state index contributed by atoms with van der Waals surface area (Å²) in [7, 11) is 1.67. The lowest BCUT2D eigenvalue weighted by Crippen LogP contribution is -2.46. The van der Waals surface area contributed by atoms with Gasteiger partial charge in [-0.1, -0.05) is 30.3 Å². The predicted molar refractivity (Wildman–Crippen MR) is 139 cm³/mol. The lowest BCUT2D eigenvalue weighted by Gasteiger charge is -2.38. The summed E-state index contributed by atoms with van der Waals surface area (Å²) in [6.45, 7) is 3.08. The number of carbonyl (C=O) groups is 1. The molecule has 2 aliphatic rings. The van der Waals surface area contributed by atoms with E-state index in [0.29, 0.717) is 18.9 Å². The number of pyridine rings is 2. The first-order valence-corrected chi connectivity index (χ1v) is 12.8. The minimum Gasteiger partial charge on any atom is -0.494 e. The molecular formula is C27H30N4O3S. The molecule has 0 spiro atoms. The quantitative estimate of drug-likeness (QED) is 0.381. The van der Waals surface area contributed by atoms with Crippen molar-refractivity contribution in [1.29, 1.82) is 0 Å². The smallest absolute Gasteiger partial charge is 0.311 e. The van der Waals surface area contributed by atoms with Crippen LogP contribution in [0.25, 0.3) is 11.3 Å². The maximum Gasteiger partial charge on any atom is 0.311 e. The molecule has 2 fully saturated rings. The number of methoxy groups -OCH3 is 1. The van der Waals surface area contributed by atoms with Crippen LogP contribution in [0.5, 0.6) is 5.75 Å². The second-order valence-electron chi connectivity index (χ2n) is 9.54. The number of hydrogen-bond acceptors (Lipinski definition) is 7. The second-order valence-corrected chi connectivity index (χ2v) is 10.4. The van der Waals surface area contributed by atoms with Gasteiger partial charge in [-0.3, -0.25) is 4.79 Å². The molecule has 1 aliphatic carbocycles. The Hall–Kier alpha value is -3.26. The van der Waals surface area contributed by atoms with Crippen LogP contribution in [0.15, 0.2) is 59.6 Å². The van der Waals surface area contributed by atoms with Gasteiger partial charge in [-0.2, -0.15) is 0 Å². The van der Waals surface area contributed by atoms with Crippen molar-refractivity contribution in [2.45, 2.75) is 43.6 Å². The molecule has 0 bridgehead atoms. The third-order valence-electron chi connectivity index (χ3n) is 6.82. The fourth-order valence-corrected chi connectivity index (χ4v) is 5.28. The standard InChI is InChI=1S/C27H30N4O3S/c1-27(26(32)33)15-6-16-31(17-27)23-9-5-10-24(29-23)35-30-22-14-13-21(34-2)25(28-22)20-8-4-3-7-19(20)18-11-12-18/h3-5,7-10,13-14,18H,6,11-12,15-17H2,1-2H3,(H,28,30)(H,32,33). The van der Waals surface area contributed by atoms with Crippen molar-refractivity contribution in [3.8, 4) is 17.0 Å². The van der Waals surface area contributed by atoms with Gasteiger partial charge in [0.25, 0.3) is 0 Å². The van der Waals surface area contributed by atoms with E-state index in [2.05, 4.69) is 27.8 Å². The van der Waals surface area contributed by atoms with E-state index in [-0.39, 0.29) is 0 Å². The zero-order valence-corrected chi connectivity index (χ0v) is 20.8. The normalized spacial score (nSPS) is 19.9. The van der Waals surface area contributed by atoms with Crippen LogP contribution in [0.3, 0.4) is 0 Å². The number of aromatic nitrogens is 2. The molecule has 1 saturated heterocycles. The van der Waals surface area contributed by atoms with Gasteiger partial charge >= 0.3 is 5.97 Å². The van der Waals surface area contributed by atoms with Crippen LogP contribution in [0.4, 0.5) is 11.6 Å². The van der Waals surface area contributed by atoms with Crippen molar-refractivity contribution < 1.29 is 14.6 Å². The summed E-state index contributed by atoms with van der Waals surface area (Å²) in [6, 6.07) is 18.1. The van der Waals surface area contributed by atoms with Crippen molar-refractivity contribution in [3.63, 3.8) is 0 Å². The van der Waals surface area contributed by atoms with Crippen LogP contribution in [-0.4, -0.2) is 41.2 Å². The topological polar surface area (TPSA) is 87.6 Å². The summed E-state index contributed by atoms with van der Waals surface area (Å²) in [6.07, 6.45) is 3.96. The van der Waals surface area contributed by atoms with Gasteiger partial charge in [0.15, 0.2) is 0 Å². The molecule has 1 unspecified atom stereocenters. The van der Waals surface area contributed by atoms with Crippen molar-refractivity contribution in [1.82, 2.24) is 9.97 Å². The third kappa shape index (κ3) is 5.07. The van der Waals surface area contributed by atoms with Gasteiger partial charge < -0.3 is 19.5 Å². The van der Waals surface area contributed by atoms with Gasteiger partial charge in [0.2, 0.25) is 0 Å². The first-order valence-electron chi connectivity index (χ1n) is 12.0. The minimum absolute atomic E-state index is 0.459. The number of benzene rings is 1. The van der Waals surface area contributed by atoms with Crippen LogP contribution < -0.4 is 14.4 Å². The largest absolute Gasteiger partial charge is 0.494 e. The molecule has 1 aromatic carbocycles. The molecule has 1 aliphatic heterocycles. The van der Waals surface area contributed by atoms with Gasteiger partial charge in [0.1, 0.15) is 28.1 Å². The van der Waals surface area contributed by atoms with Gasteiger partial charge in [-0.25, -0.2) is 9.97 Å². The highest BCUT2D eigenvalue weighted by atomic mass is 32.2. The molecule has 1 saturated carbocycles. The number of nitrogens with zero attached hydrogens (tertiary/aromatic N) is 3. The first kappa shape index (κ1) is 23.5. The molecule has 3 heterocycles. The number of carboxylic acids is 1. The van der Waals surface area contributed by atoms with Crippen LogP contribution in [0.1, 0.15) is 44.1 Å². The van der Waals surface area contributed by atoms with E-state index in [1.54, 1.807) is 7.11 Å². The number of carboxylic acid groups (broad SMARTS) is 1. The molecule has 0 amide bonds. The van der Waals surface area contributed by atoms with Gasteiger partial charge in [-0.15, -0.1) is 0 Å². The Balaban J connectivity index is 1.34. The lowest BCUT2D eigenvalue weighted by atomic mass is 9.82. The number of rotatable bonds is 8. The summed E-state index contributed by atoms with van der Waals surface area (Å²) < 4.78 is 8.96. The number of aliphatic carboxylic acids is 1. The molecule has 35 heavy (non-hydrogen) atoms. The molecule has 7 nitrogen and oxygen atoms in total. The van der Waals surface area contributed by atoms with E-state index in [0.717, 1.165) is 46.6 Å². The van der Waals surface area contributed by atoms with Crippen LogP contribution in [0, 0.1) is 5.41 Å². The Kier molecular flexibility index (Phi) is 6.56.